The molecular weight excluding hydrogens is 404 g/mol. The Balaban J connectivity index is 1.87. The number of sulfonamides is 1. The van der Waals surface area contributed by atoms with Crippen LogP contribution >= 0.6 is 0 Å². The Bertz CT molecular complexity index is 1050. The summed E-state index contributed by atoms with van der Waals surface area (Å²) < 4.78 is 37.4. The minimum atomic E-state index is -3.72. The first kappa shape index (κ1) is 22.0. The molecule has 1 aliphatic heterocycles. The van der Waals surface area contributed by atoms with Gasteiger partial charge in [-0.1, -0.05) is 24.3 Å². The van der Waals surface area contributed by atoms with E-state index in [2.05, 4.69) is 5.32 Å². The molecule has 0 saturated heterocycles. The molecule has 1 unspecified atom stereocenters. The molecule has 0 radical (unpaired) electrons. The van der Waals surface area contributed by atoms with Crippen molar-refractivity contribution < 1.29 is 22.7 Å². The summed E-state index contributed by atoms with van der Waals surface area (Å²) in [5, 5.41) is 2.99. The molecule has 1 N–H and O–H groups in total. The third-order valence-electron chi connectivity index (χ3n) is 5.00. The zero-order chi connectivity index (χ0) is 22.1. The molecule has 2 aromatic carbocycles. The largest absolute Gasteiger partial charge is 0.495 e. The normalized spacial score (nSPS) is 17.4. The van der Waals surface area contributed by atoms with E-state index in [9.17, 15) is 13.2 Å². The van der Waals surface area contributed by atoms with Gasteiger partial charge in [-0.25, -0.2) is 8.42 Å². The van der Waals surface area contributed by atoms with Gasteiger partial charge in [0.2, 0.25) is 15.9 Å². The summed E-state index contributed by atoms with van der Waals surface area (Å²) in [7, 11) is -2.25. The summed E-state index contributed by atoms with van der Waals surface area (Å²) in [4.78, 5) is 12.9. The smallest absolute Gasteiger partial charge is 0.241 e. The van der Waals surface area contributed by atoms with Gasteiger partial charge >= 0.3 is 0 Å². The molecule has 0 saturated carbocycles. The first-order chi connectivity index (χ1) is 14.0. The van der Waals surface area contributed by atoms with E-state index in [1.807, 2.05) is 51.1 Å². The third kappa shape index (κ3) is 4.87. The van der Waals surface area contributed by atoms with Crippen LogP contribution in [0.2, 0.25) is 0 Å². The van der Waals surface area contributed by atoms with Crippen molar-refractivity contribution in [1.82, 2.24) is 5.32 Å². The number of carbonyl (C=O) groups excluding carboxylic acids is 1. The lowest BCUT2D eigenvalue weighted by Crippen LogP contribution is -2.45. The van der Waals surface area contributed by atoms with Crippen molar-refractivity contribution in [3.05, 3.63) is 53.6 Å². The molecule has 0 spiro atoms. The van der Waals surface area contributed by atoms with Crippen LogP contribution in [-0.4, -0.2) is 39.8 Å². The van der Waals surface area contributed by atoms with Gasteiger partial charge in [0.1, 0.15) is 23.6 Å². The van der Waals surface area contributed by atoms with Gasteiger partial charge in [-0.05, 0) is 44.5 Å². The Hall–Kier alpha value is -2.74. The topological polar surface area (TPSA) is 84.9 Å². The van der Waals surface area contributed by atoms with Crippen LogP contribution in [-0.2, 0) is 14.8 Å². The molecular formula is C22H28N2O5S. The van der Waals surface area contributed by atoms with Gasteiger partial charge in [-0.15, -0.1) is 0 Å². The molecule has 1 aliphatic rings. The summed E-state index contributed by atoms with van der Waals surface area (Å²) in [6.45, 7) is 5.42. The lowest BCUT2D eigenvalue weighted by atomic mass is 9.89. The zero-order valence-electron chi connectivity index (χ0n) is 17.9. The standard InChI is InChI=1S/C22H28N2O5S/c1-15-10-11-20(28-4)18(12-15)24(30(5,26)27)14-21(25)23-17-13-22(2,3)29-19-9-7-6-8-16(17)19/h6-12,17H,13-14H2,1-5H3,(H,23,25). The van der Waals surface area contributed by atoms with E-state index in [1.165, 1.54) is 7.11 Å². The van der Waals surface area contributed by atoms with Gasteiger partial charge < -0.3 is 14.8 Å². The predicted molar refractivity (Wildman–Crippen MR) is 117 cm³/mol. The van der Waals surface area contributed by atoms with Crippen LogP contribution in [0, 0.1) is 6.92 Å². The number of hydrogen-bond donors (Lipinski definition) is 1. The van der Waals surface area contributed by atoms with E-state index in [0.717, 1.165) is 27.4 Å². The van der Waals surface area contributed by atoms with Gasteiger partial charge in [0.25, 0.3) is 0 Å². The number of amides is 1. The Morgan fingerprint density at radius 3 is 2.63 bits per heavy atom. The van der Waals surface area contributed by atoms with E-state index in [4.69, 9.17) is 9.47 Å². The van der Waals surface area contributed by atoms with E-state index in [0.29, 0.717) is 17.9 Å². The number of ether oxygens (including phenoxy) is 2. The number of aryl methyl sites for hydroxylation is 1. The van der Waals surface area contributed by atoms with E-state index < -0.39 is 21.5 Å². The van der Waals surface area contributed by atoms with Crippen molar-refractivity contribution >= 4 is 21.6 Å². The Morgan fingerprint density at radius 2 is 1.97 bits per heavy atom. The average molecular weight is 433 g/mol. The van der Waals surface area contributed by atoms with Crippen molar-refractivity contribution in [1.29, 1.82) is 0 Å². The number of anilines is 1. The van der Waals surface area contributed by atoms with E-state index in [-0.39, 0.29) is 12.6 Å². The summed E-state index contributed by atoms with van der Waals surface area (Å²) >= 11 is 0. The first-order valence-electron chi connectivity index (χ1n) is 9.70. The quantitative estimate of drug-likeness (QED) is 0.758. The molecule has 0 aliphatic carbocycles. The number of nitrogens with zero attached hydrogens (tertiary/aromatic N) is 1. The summed E-state index contributed by atoms with van der Waals surface area (Å²) in [6.07, 6.45) is 1.65. The molecule has 0 bridgehead atoms. The predicted octanol–water partition coefficient (Wildman–Crippen LogP) is 3.19. The molecule has 0 fully saturated rings. The van der Waals surface area contributed by atoms with Crippen LogP contribution in [0.15, 0.2) is 42.5 Å². The Labute approximate surface area is 178 Å². The van der Waals surface area contributed by atoms with Crippen molar-refractivity contribution in [3.8, 4) is 11.5 Å². The highest BCUT2D eigenvalue weighted by Crippen LogP contribution is 2.39. The van der Waals surface area contributed by atoms with Gasteiger partial charge in [-0.3, -0.25) is 9.10 Å². The highest BCUT2D eigenvalue weighted by molar-refractivity contribution is 7.92. The lowest BCUT2D eigenvalue weighted by Gasteiger charge is -2.38. The highest BCUT2D eigenvalue weighted by atomic mass is 32.2. The highest BCUT2D eigenvalue weighted by Gasteiger charge is 2.35. The molecule has 1 atom stereocenters. The van der Waals surface area contributed by atoms with E-state index in [1.54, 1.807) is 12.1 Å². The maximum atomic E-state index is 12.9. The second-order valence-corrected chi connectivity index (χ2v) is 10.1. The molecule has 30 heavy (non-hydrogen) atoms. The summed E-state index contributed by atoms with van der Waals surface area (Å²) in [5.74, 6) is 0.706. The molecule has 1 amide bonds. The fourth-order valence-corrected chi connectivity index (χ4v) is 4.53. The van der Waals surface area contributed by atoms with Crippen LogP contribution < -0.4 is 19.1 Å². The number of benzene rings is 2. The molecule has 0 aromatic heterocycles. The van der Waals surface area contributed by atoms with Gasteiger partial charge in [-0.2, -0.15) is 0 Å². The van der Waals surface area contributed by atoms with Crippen molar-refractivity contribution in [2.24, 2.45) is 0 Å². The first-order valence-corrected chi connectivity index (χ1v) is 11.5. The molecule has 1 heterocycles. The summed E-state index contributed by atoms with van der Waals surface area (Å²) in [5.41, 5.74) is 1.62. The molecule has 8 heteroatoms. The number of hydrogen-bond acceptors (Lipinski definition) is 5. The average Bonchev–Trinajstić information content (AvgIpc) is 2.64. The molecule has 162 valence electrons. The van der Waals surface area contributed by atoms with Crippen LogP contribution in [0.5, 0.6) is 11.5 Å². The van der Waals surface area contributed by atoms with Crippen molar-refractivity contribution in [2.45, 2.75) is 38.8 Å². The number of para-hydroxylation sites is 1. The lowest BCUT2D eigenvalue weighted by molar-refractivity contribution is -0.120. The molecule has 2 aromatic rings. The number of fused-ring (bicyclic) bond motifs is 1. The second kappa shape index (κ2) is 8.18. The van der Waals surface area contributed by atoms with Crippen LogP contribution in [0.25, 0.3) is 0 Å². The monoisotopic (exact) mass is 432 g/mol. The van der Waals surface area contributed by atoms with Crippen molar-refractivity contribution in [3.63, 3.8) is 0 Å². The fourth-order valence-electron chi connectivity index (χ4n) is 3.68. The van der Waals surface area contributed by atoms with Crippen LogP contribution in [0.3, 0.4) is 0 Å². The van der Waals surface area contributed by atoms with Crippen molar-refractivity contribution in [2.75, 3.05) is 24.2 Å². The van der Waals surface area contributed by atoms with Gasteiger partial charge in [0.05, 0.1) is 25.1 Å². The van der Waals surface area contributed by atoms with Gasteiger partial charge in [0, 0.05) is 12.0 Å². The second-order valence-electron chi connectivity index (χ2n) is 8.17. The maximum Gasteiger partial charge on any atom is 0.241 e. The van der Waals surface area contributed by atoms with E-state index >= 15 is 0 Å². The number of nitrogens with one attached hydrogen (secondary N) is 1. The Kier molecular flexibility index (Phi) is 5.99. The van der Waals surface area contributed by atoms with Gasteiger partial charge in [0.15, 0.2) is 0 Å². The zero-order valence-corrected chi connectivity index (χ0v) is 18.7. The summed E-state index contributed by atoms with van der Waals surface area (Å²) in [6, 6.07) is 12.5. The minimum Gasteiger partial charge on any atom is -0.495 e. The number of carbonyl (C=O) groups is 1. The number of methoxy groups -OCH3 is 1. The maximum absolute atomic E-state index is 12.9. The Morgan fingerprint density at radius 1 is 1.27 bits per heavy atom. The molecule has 3 rings (SSSR count). The van der Waals surface area contributed by atoms with Crippen LogP contribution in [0.1, 0.15) is 37.4 Å². The van der Waals surface area contributed by atoms with Crippen LogP contribution in [0.4, 0.5) is 5.69 Å². The molecule has 7 nitrogen and oxygen atoms in total. The fraction of sp³-hybridized carbons (Fsp3) is 0.409. The number of rotatable bonds is 6. The SMILES string of the molecule is COc1ccc(C)cc1N(CC(=O)NC1CC(C)(C)Oc2ccccc21)S(C)(=O)=O. The minimum absolute atomic E-state index is 0.279. The third-order valence-corrected chi connectivity index (χ3v) is 6.13.